The van der Waals surface area contributed by atoms with Gasteiger partial charge in [-0.3, -0.25) is 4.79 Å². The van der Waals surface area contributed by atoms with Gasteiger partial charge in [0.1, 0.15) is 5.54 Å². The maximum atomic E-state index is 12.0. The fraction of sp³-hybridized carbons (Fsp3) is 0.750. The van der Waals surface area contributed by atoms with Crippen molar-refractivity contribution in [2.75, 3.05) is 20.2 Å². The van der Waals surface area contributed by atoms with Crippen LogP contribution >= 0.6 is 0 Å². The van der Waals surface area contributed by atoms with E-state index in [9.17, 15) is 14.4 Å². The normalized spacial score (nSPS) is 21.6. The van der Waals surface area contributed by atoms with Crippen LogP contribution in [0.5, 0.6) is 0 Å². The number of amides is 2. The van der Waals surface area contributed by atoms with Crippen molar-refractivity contribution >= 4 is 18.0 Å². The first-order chi connectivity index (χ1) is 8.84. The molecular weight excluding hydrogens is 252 g/mol. The first-order valence-corrected chi connectivity index (χ1v) is 6.22. The number of hydrogen-bond acceptors (Lipinski definition) is 4. The number of ether oxygens (including phenoxy) is 1. The molecule has 1 heterocycles. The molecule has 0 aromatic carbocycles. The summed E-state index contributed by atoms with van der Waals surface area (Å²) in [5.74, 6) is -1.74. The average Bonchev–Trinajstić information content (AvgIpc) is 2.87. The van der Waals surface area contributed by atoms with Crippen LogP contribution in [0, 0.1) is 5.92 Å². The van der Waals surface area contributed by atoms with Crippen LogP contribution in [0.2, 0.25) is 0 Å². The predicted molar refractivity (Wildman–Crippen MR) is 66.6 cm³/mol. The zero-order chi connectivity index (χ0) is 14.6. The lowest BCUT2D eigenvalue weighted by Crippen LogP contribution is -2.55. The van der Waals surface area contributed by atoms with Crippen LogP contribution in [0.25, 0.3) is 0 Å². The Bertz CT molecular complexity index is 384. The smallest absolute Gasteiger partial charge is 0.329 e. The molecule has 1 saturated heterocycles. The summed E-state index contributed by atoms with van der Waals surface area (Å²) in [6.07, 6.45) is 0.818. The lowest BCUT2D eigenvalue weighted by Gasteiger charge is -2.27. The lowest BCUT2D eigenvalue weighted by molar-refractivity contribution is -0.145. The number of methoxy groups -OCH3 is 1. The average molecular weight is 272 g/mol. The molecule has 0 aliphatic carbocycles. The molecule has 7 heteroatoms. The zero-order valence-electron chi connectivity index (χ0n) is 11.4. The lowest BCUT2D eigenvalue weighted by atomic mass is 10.00. The van der Waals surface area contributed by atoms with Crippen LogP contribution in [-0.2, 0) is 14.3 Å². The van der Waals surface area contributed by atoms with Gasteiger partial charge in [0.15, 0.2) is 0 Å². The van der Waals surface area contributed by atoms with E-state index in [1.807, 2.05) is 0 Å². The molecule has 0 spiro atoms. The van der Waals surface area contributed by atoms with Gasteiger partial charge in [-0.2, -0.15) is 0 Å². The predicted octanol–water partition coefficient (Wildman–Crippen LogP) is 0.444. The first kappa shape index (κ1) is 15.3. The summed E-state index contributed by atoms with van der Waals surface area (Å²) in [7, 11) is 1.31. The van der Waals surface area contributed by atoms with E-state index in [0.717, 1.165) is 0 Å². The third-order valence-electron chi connectivity index (χ3n) is 3.57. The second kappa shape index (κ2) is 5.90. The van der Waals surface area contributed by atoms with Crippen molar-refractivity contribution in [1.82, 2.24) is 10.2 Å². The number of aliphatic carboxylic acids is 1. The SMILES string of the molecule is CCC(C)(NC(=O)N1CCC(C(=O)OC)C1)C(=O)O. The van der Waals surface area contributed by atoms with Gasteiger partial charge in [-0.1, -0.05) is 6.92 Å². The molecule has 2 amide bonds. The van der Waals surface area contributed by atoms with E-state index in [-0.39, 0.29) is 24.9 Å². The quantitative estimate of drug-likeness (QED) is 0.724. The van der Waals surface area contributed by atoms with Gasteiger partial charge in [0.2, 0.25) is 0 Å². The molecule has 1 aliphatic heterocycles. The number of carboxylic acids is 1. The zero-order valence-corrected chi connectivity index (χ0v) is 11.4. The summed E-state index contributed by atoms with van der Waals surface area (Å²) < 4.78 is 4.63. The number of likely N-dealkylation sites (tertiary alicyclic amines) is 1. The largest absolute Gasteiger partial charge is 0.480 e. The van der Waals surface area contributed by atoms with Gasteiger partial charge in [0, 0.05) is 13.1 Å². The summed E-state index contributed by atoms with van der Waals surface area (Å²) >= 11 is 0. The van der Waals surface area contributed by atoms with Crippen molar-refractivity contribution in [1.29, 1.82) is 0 Å². The molecule has 0 bridgehead atoms. The van der Waals surface area contributed by atoms with Crippen LogP contribution in [0.4, 0.5) is 4.79 Å². The van der Waals surface area contributed by atoms with E-state index in [2.05, 4.69) is 10.1 Å². The molecule has 0 saturated carbocycles. The molecule has 2 unspecified atom stereocenters. The summed E-state index contributed by atoms with van der Waals surface area (Å²) in [5, 5.41) is 11.6. The van der Waals surface area contributed by atoms with Gasteiger partial charge >= 0.3 is 18.0 Å². The van der Waals surface area contributed by atoms with Crippen LogP contribution in [-0.4, -0.2) is 53.7 Å². The Labute approximate surface area is 111 Å². The number of rotatable bonds is 4. The minimum absolute atomic E-state index is 0.262. The van der Waals surface area contributed by atoms with Crippen molar-refractivity contribution in [3.05, 3.63) is 0 Å². The standard InChI is InChI=1S/C12H20N2O5/c1-4-12(2,10(16)17)13-11(18)14-6-5-8(7-14)9(15)19-3/h8H,4-7H2,1-3H3,(H,13,18)(H,16,17). The monoisotopic (exact) mass is 272 g/mol. The van der Waals surface area contributed by atoms with Gasteiger partial charge in [-0.05, 0) is 19.8 Å². The number of hydrogen-bond donors (Lipinski definition) is 2. The van der Waals surface area contributed by atoms with E-state index < -0.39 is 17.5 Å². The highest BCUT2D eigenvalue weighted by molar-refractivity contribution is 5.86. The van der Waals surface area contributed by atoms with Gasteiger partial charge in [0.05, 0.1) is 13.0 Å². The topological polar surface area (TPSA) is 95.9 Å². The fourth-order valence-corrected chi connectivity index (χ4v) is 1.91. The van der Waals surface area contributed by atoms with E-state index >= 15 is 0 Å². The Morgan fingerprint density at radius 2 is 2.11 bits per heavy atom. The van der Waals surface area contributed by atoms with Gasteiger partial charge in [-0.25, -0.2) is 9.59 Å². The Kier molecular flexibility index (Phi) is 4.74. The molecule has 19 heavy (non-hydrogen) atoms. The van der Waals surface area contributed by atoms with E-state index in [1.165, 1.54) is 18.9 Å². The number of nitrogens with one attached hydrogen (secondary N) is 1. The number of esters is 1. The van der Waals surface area contributed by atoms with Gasteiger partial charge in [-0.15, -0.1) is 0 Å². The minimum Gasteiger partial charge on any atom is -0.480 e. The second-order valence-corrected chi connectivity index (χ2v) is 4.88. The minimum atomic E-state index is -1.29. The molecule has 1 rings (SSSR count). The molecule has 2 N–H and O–H groups in total. The van der Waals surface area contributed by atoms with Crippen molar-refractivity contribution in [3.8, 4) is 0 Å². The molecule has 1 aliphatic rings. The van der Waals surface area contributed by atoms with Crippen LogP contribution in [0.1, 0.15) is 26.7 Å². The molecule has 1 fully saturated rings. The molecular formula is C12H20N2O5. The molecule has 7 nitrogen and oxygen atoms in total. The van der Waals surface area contributed by atoms with E-state index in [4.69, 9.17) is 5.11 Å². The Balaban J connectivity index is 2.61. The number of carbonyl (C=O) groups excluding carboxylic acids is 2. The fourth-order valence-electron chi connectivity index (χ4n) is 1.91. The molecule has 0 radical (unpaired) electrons. The highest BCUT2D eigenvalue weighted by Gasteiger charge is 2.37. The number of urea groups is 1. The molecule has 2 atom stereocenters. The van der Waals surface area contributed by atoms with Gasteiger partial charge < -0.3 is 20.1 Å². The maximum Gasteiger partial charge on any atom is 0.329 e. The number of carboxylic acid groups (broad SMARTS) is 1. The summed E-state index contributed by atoms with van der Waals surface area (Å²) in [5.41, 5.74) is -1.29. The molecule has 0 aromatic rings. The summed E-state index contributed by atoms with van der Waals surface area (Å²) in [6.45, 7) is 3.83. The highest BCUT2D eigenvalue weighted by Crippen LogP contribution is 2.19. The van der Waals surface area contributed by atoms with Crippen LogP contribution < -0.4 is 5.32 Å². The van der Waals surface area contributed by atoms with Crippen molar-refractivity contribution < 1.29 is 24.2 Å². The second-order valence-electron chi connectivity index (χ2n) is 4.88. The van der Waals surface area contributed by atoms with Crippen LogP contribution in [0.3, 0.4) is 0 Å². The summed E-state index contributed by atoms with van der Waals surface area (Å²) in [6, 6.07) is -0.460. The maximum absolute atomic E-state index is 12.0. The number of carbonyl (C=O) groups is 3. The van der Waals surface area contributed by atoms with Gasteiger partial charge in [0.25, 0.3) is 0 Å². The Morgan fingerprint density at radius 1 is 1.47 bits per heavy atom. The highest BCUT2D eigenvalue weighted by atomic mass is 16.5. The molecule has 108 valence electrons. The van der Waals surface area contributed by atoms with Crippen LogP contribution in [0.15, 0.2) is 0 Å². The van der Waals surface area contributed by atoms with Crippen molar-refractivity contribution in [2.24, 2.45) is 5.92 Å². The first-order valence-electron chi connectivity index (χ1n) is 6.22. The third-order valence-corrected chi connectivity index (χ3v) is 3.57. The van der Waals surface area contributed by atoms with Crippen molar-refractivity contribution in [2.45, 2.75) is 32.2 Å². The van der Waals surface area contributed by atoms with E-state index in [0.29, 0.717) is 13.0 Å². The third kappa shape index (κ3) is 3.36. The van der Waals surface area contributed by atoms with E-state index in [1.54, 1.807) is 6.92 Å². The summed E-state index contributed by atoms with van der Waals surface area (Å²) in [4.78, 5) is 35.9. The molecule has 0 aromatic heterocycles. The number of nitrogens with zero attached hydrogens (tertiary/aromatic N) is 1. The Hall–Kier alpha value is -1.79. The van der Waals surface area contributed by atoms with Crippen molar-refractivity contribution in [3.63, 3.8) is 0 Å². The Morgan fingerprint density at radius 3 is 2.58 bits per heavy atom.